The van der Waals surface area contributed by atoms with Gasteiger partial charge >= 0.3 is 0 Å². The van der Waals surface area contributed by atoms with Crippen molar-refractivity contribution < 1.29 is 4.79 Å². The first-order valence-corrected chi connectivity index (χ1v) is 8.10. The topological polar surface area (TPSA) is 66.9 Å². The number of nitrogens with one attached hydrogen (secondary N) is 2. The first-order chi connectivity index (χ1) is 11.3. The van der Waals surface area contributed by atoms with Gasteiger partial charge in [-0.2, -0.15) is 0 Å². The van der Waals surface area contributed by atoms with Crippen LogP contribution in [-0.2, 0) is 17.8 Å². The third-order valence-corrected chi connectivity index (χ3v) is 3.93. The van der Waals surface area contributed by atoms with Crippen LogP contribution >= 0.6 is 11.3 Å². The molecule has 0 bridgehead atoms. The van der Waals surface area contributed by atoms with Gasteiger partial charge in [-0.1, -0.05) is 36.4 Å². The average molecular weight is 324 g/mol. The zero-order chi connectivity index (χ0) is 15.9. The molecule has 0 aliphatic heterocycles. The molecular formula is C17H16N4OS. The standard InChI is InChI=1S/C17H16N4OS/c22-16(19-11-13-6-2-1-3-7-13)10-14-12-23-17(20-14)21-15-8-4-5-9-18-15/h1-9,12H,10-11H2,(H,19,22)(H,18,20,21). The lowest BCUT2D eigenvalue weighted by Gasteiger charge is -2.04. The molecule has 2 aromatic heterocycles. The minimum absolute atomic E-state index is 0.0384. The van der Waals surface area contributed by atoms with E-state index in [4.69, 9.17) is 0 Å². The summed E-state index contributed by atoms with van der Waals surface area (Å²) in [4.78, 5) is 20.6. The predicted octanol–water partition coefficient (Wildman–Crippen LogP) is 3.14. The van der Waals surface area contributed by atoms with Gasteiger partial charge in [0.05, 0.1) is 12.1 Å². The minimum atomic E-state index is -0.0384. The first kappa shape index (κ1) is 15.2. The number of carbonyl (C=O) groups is 1. The highest BCUT2D eigenvalue weighted by Crippen LogP contribution is 2.19. The maximum atomic E-state index is 12.0. The Morgan fingerprint density at radius 1 is 1.09 bits per heavy atom. The molecule has 0 aliphatic rings. The summed E-state index contributed by atoms with van der Waals surface area (Å²) in [6.07, 6.45) is 1.99. The van der Waals surface area contributed by atoms with Crippen molar-refractivity contribution in [3.63, 3.8) is 0 Å². The fraction of sp³-hybridized carbons (Fsp3) is 0.118. The van der Waals surface area contributed by atoms with Crippen LogP contribution in [0.2, 0.25) is 0 Å². The average Bonchev–Trinajstić information content (AvgIpc) is 3.02. The predicted molar refractivity (Wildman–Crippen MR) is 91.6 cm³/mol. The summed E-state index contributed by atoms with van der Waals surface area (Å²) in [5.74, 6) is 0.700. The number of hydrogen-bond acceptors (Lipinski definition) is 5. The van der Waals surface area contributed by atoms with E-state index < -0.39 is 0 Å². The molecule has 23 heavy (non-hydrogen) atoms. The summed E-state index contributed by atoms with van der Waals surface area (Å²) in [6.45, 7) is 0.531. The number of pyridine rings is 1. The molecule has 0 fully saturated rings. The first-order valence-electron chi connectivity index (χ1n) is 7.23. The van der Waals surface area contributed by atoms with Gasteiger partial charge in [0.2, 0.25) is 5.91 Å². The summed E-state index contributed by atoms with van der Waals surface area (Å²) in [5, 5.41) is 8.63. The second kappa shape index (κ2) is 7.51. The number of anilines is 2. The highest BCUT2D eigenvalue weighted by molar-refractivity contribution is 7.13. The molecule has 0 aliphatic carbocycles. The van der Waals surface area contributed by atoms with E-state index in [2.05, 4.69) is 20.6 Å². The fourth-order valence-corrected chi connectivity index (χ4v) is 2.73. The Balaban J connectivity index is 1.51. The van der Waals surface area contributed by atoms with Crippen LogP contribution in [0.1, 0.15) is 11.3 Å². The summed E-state index contributed by atoms with van der Waals surface area (Å²) < 4.78 is 0. The van der Waals surface area contributed by atoms with Crippen molar-refractivity contribution >= 4 is 28.2 Å². The van der Waals surface area contributed by atoms with Gasteiger partial charge < -0.3 is 10.6 Å². The van der Waals surface area contributed by atoms with E-state index >= 15 is 0 Å². The van der Waals surface area contributed by atoms with E-state index in [1.165, 1.54) is 11.3 Å². The molecule has 2 N–H and O–H groups in total. The second-order valence-corrected chi connectivity index (χ2v) is 5.78. The minimum Gasteiger partial charge on any atom is -0.352 e. The molecule has 3 rings (SSSR count). The number of benzene rings is 1. The van der Waals surface area contributed by atoms with Gasteiger partial charge in [-0.25, -0.2) is 9.97 Å². The Morgan fingerprint density at radius 3 is 2.70 bits per heavy atom. The number of hydrogen-bond donors (Lipinski definition) is 2. The number of carbonyl (C=O) groups excluding carboxylic acids is 1. The molecule has 116 valence electrons. The Kier molecular flexibility index (Phi) is 4.95. The van der Waals surface area contributed by atoms with Gasteiger partial charge in [0.1, 0.15) is 5.82 Å². The Labute approximate surface area is 138 Å². The van der Waals surface area contributed by atoms with E-state index in [0.29, 0.717) is 6.54 Å². The highest BCUT2D eigenvalue weighted by atomic mass is 32.1. The fourth-order valence-electron chi connectivity index (χ4n) is 2.02. The SMILES string of the molecule is O=C(Cc1csc(Nc2ccccn2)n1)NCc1ccccc1. The molecule has 6 heteroatoms. The lowest BCUT2D eigenvalue weighted by molar-refractivity contribution is -0.120. The number of aromatic nitrogens is 2. The van der Waals surface area contributed by atoms with Crippen LogP contribution in [0.3, 0.4) is 0 Å². The van der Waals surface area contributed by atoms with Crippen molar-refractivity contribution in [2.75, 3.05) is 5.32 Å². The van der Waals surface area contributed by atoms with Gasteiger partial charge in [0.25, 0.3) is 0 Å². The molecule has 1 aromatic carbocycles. The Bertz CT molecular complexity index is 759. The van der Waals surface area contributed by atoms with Crippen LogP contribution in [0.5, 0.6) is 0 Å². The van der Waals surface area contributed by atoms with Crippen LogP contribution in [0.4, 0.5) is 10.9 Å². The zero-order valence-corrected chi connectivity index (χ0v) is 13.2. The number of amides is 1. The van der Waals surface area contributed by atoms with E-state index in [9.17, 15) is 4.79 Å². The van der Waals surface area contributed by atoms with Crippen molar-refractivity contribution in [1.29, 1.82) is 0 Å². The summed E-state index contributed by atoms with van der Waals surface area (Å²) in [6, 6.07) is 15.5. The summed E-state index contributed by atoms with van der Waals surface area (Å²) in [5.41, 5.74) is 1.83. The van der Waals surface area contributed by atoms with E-state index in [0.717, 1.165) is 22.2 Å². The number of thiazole rings is 1. The lowest BCUT2D eigenvalue weighted by Crippen LogP contribution is -2.24. The largest absolute Gasteiger partial charge is 0.352 e. The number of rotatable bonds is 6. The maximum Gasteiger partial charge on any atom is 0.226 e. The van der Waals surface area contributed by atoms with Crippen LogP contribution in [0, 0.1) is 0 Å². The molecule has 2 heterocycles. The normalized spacial score (nSPS) is 10.3. The van der Waals surface area contributed by atoms with Gasteiger partial charge in [-0.05, 0) is 17.7 Å². The summed E-state index contributed by atoms with van der Waals surface area (Å²) >= 11 is 1.46. The monoisotopic (exact) mass is 324 g/mol. The van der Waals surface area contributed by atoms with Crippen molar-refractivity contribution in [3.8, 4) is 0 Å². The van der Waals surface area contributed by atoms with Crippen molar-refractivity contribution in [2.45, 2.75) is 13.0 Å². The van der Waals surface area contributed by atoms with Crippen LogP contribution in [0.25, 0.3) is 0 Å². The number of nitrogens with zero attached hydrogens (tertiary/aromatic N) is 2. The Hall–Kier alpha value is -2.73. The summed E-state index contributed by atoms with van der Waals surface area (Å²) in [7, 11) is 0. The van der Waals surface area contributed by atoms with Crippen LogP contribution in [0.15, 0.2) is 60.1 Å². The molecule has 0 radical (unpaired) electrons. The molecule has 0 unspecified atom stereocenters. The van der Waals surface area contributed by atoms with Gasteiger partial charge in [0.15, 0.2) is 5.13 Å². The lowest BCUT2D eigenvalue weighted by atomic mass is 10.2. The molecule has 0 saturated heterocycles. The molecule has 5 nitrogen and oxygen atoms in total. The maximum absolute atomic E-state index is 12.0. The molecule has 0 saturated carbocycles. The van der Waals surface area contributed by atoms with E-state index in [1.54, 1.807) is 6.20 Å². The van der Waals surface area contributed by atoms with Crippen LogP contribution in [-0.4, -0.2) is 15.9 Å². The molecule has 1 amide bonds. The van der Waals surface area contributed by atoms with E-state index in [-0.39, 0.29) is 12.3 Å². The van der Waals surface area contributed by atoms with Gasteiger partial charge in [-0.3, -0.25) is 4.79 Å². The molecule has 3 aromatic rings. The van der Waals surface area contributed by atoms with Crippen molar-refractivity contribution in [3.05, 3.63) is 71.4 Å². The van der Waals surface area contributed by atoms with Gasteiger partial charge in [-0.15, -0.1) is 11.3 Å². The molecular weight excluding hydrogens is 308 g/mol. The molecule has 0 spiro atoms. The second-order valence-electron chi connectivity index (χ2n) is 4.92. The van der Waals surface area contributed by atoms with Gasteiger partial charge in [0, 0.05) is 18.1 Å². The third-order valence-electron chi connectivity index (χ3n) is 3.13. The molecule has 0 atom stereocenters. The van der Waals surface area contributed by atoms with Crippen molar-refractivity contribution in [1.82, 2.24) is 15.3 Å². The zero-order valence-electron chi connectivity index (χ0n) is 12.4. The smallest absolute Gasteiger partial charge is 0.226 e. The quantitative estimate of drug-likeness (QED) is 0.731. The highest BCUT2D eigenvalue weighted by Gasteiger charge is 2.08. The van der Waals surface area contributed by atoms with E-state index in [1.807, 2.05) is 53.9 Å². The Morgan fingerprint density at radius 2 is 1.91 bits per heavy atom. The van der Waals surface area contributed by atoms with Crippen LogP contribution < -0.4 is 10.6 Å². The third kappa shape index (κ3) is 4.62. The van der Waals surface area contributed by atoms with Crippen molar-refractivity contribution in [2.24, 2.45) is 0 Å².